The number of allylic oxidation sites excluding steroid dienone is 1. The van der Waals surface area contributed by atoms with E-state index in [0.29, 0.717) is 35.8 Å². The van der Waals surface area contributed by atoms with E-state index in [-0.39, 0.29) is 11.8 Å². The highest BCUT2D eigenvalue weighted by molar-refractivity contribution is 6.01. The first-order chi connectivity index (χ1) is 13.9. The third-order valence-electron chi connectivity index (χ3n) is 6.09. The van der Waals surface area contributed by atoms with Gasteiger partial charge in [0.15, 0.2) is 5.82 Å². The first-order valence-corrected chi connectivity index (χ1v) is 10.2. The van der Waals surface area contributed by atoms with E-state index in [0.717, 1.165) is 21.9 Å². The number of aliphatic hydroxyl groups is 1. The molecule has 29 heavy (non-hydrogen) atoms. The molecule has 0 radical (unpaired) electrons. The minimum Gasteiger partial charge on any atom is -0.507 e. The molecular weight excluding hydrogens is 362 g/mol. The van der Waals surface area contributed by atoms with Gasteiger partial charge in [-0.15, -0.1) is 10.2 Å². The molecule has 1 heterocycles. The van der Waals surface area contributed by atoms with Crippen LogP contribution in [0.3, 0.4) is 0 Å². The molecule has 0 unspecified atom stereocenters. The number of hydrogen-bond acceptors (Lipinski definition) is 5. The summed E-state index contributed by atoms with van der Waals surface area (Å²) < 4.78 is 0. The van der Waals surface area contributed by atoms with Gasteiger partial charge in [-0.2, -0.15) is 0 Å². The van der Waals surface area contributed by atoms with Gasteiger partial charge in [0.2, 0.25) is 0 Å². The number of nitrogens with zero attached hydrogens (tertiary/aromatic N) is 2. The van der Waals surface area contributed by atoms with E-state index in [1.807, 2.05) is 43.3 Å². The number of fused-ring (bicyclic) bond motifs is 1. The average Bonchev–Trinajstić information content (AvgIpc) is 3.52. The quantitative estimate of drug-likeness (QED) is 0.589. The van der Waals surface area contributed by atoms with Gasteiger partial charge in [0.25, 0.3) is 0 Å². The molecule has 5 nitrogen and oxygen atoms in total. The Balaban J connectivity index is 1.51. The Bertz CT molecular complexity index is 1110. The molecular formula is C24H25N3O2. The van der Waals surface area contributed by atoms with Crippen molar-refractivity contribution in [1.29, 1.82) is 0 Å². The number of hydrogen-bond donors (Lipinski definition) is 3. The summed E-state index contributed by atoms with van der Waals surface area (Å²) in [5, 5.41) is 34.9. The summed E-state index contributed by atoms with van der Waals surface area (Å²) in [5.74, 6) is 1.46. The SMILES string of the molecule is C=C(c1ccc(-c2nnc(NC3CC(C)(O)C3)c3ccccc23)c(O)c1)C1CC1. The Morgan fingerprint density at radius 3 is 2.48 bits per heavy atom. The maximum Gasteiger partial charge on any atom is 0.156 e. The second-order valence-electron chi connectivity index (χ2n) is 8.72. The molecule has 0 saturated heterocycles. The van der Waals surface area contributed by atoms with Gasteiger partial charge in [-0.3, -0.25) is 0 Å². The van der Waals surface area contributed by atoms with Crippen molar-refractivity contribution in [3.63, 3.8) is 0 Å². The summed E-state index contributed by atoms with van der Waals surface area (Å²) in [6.07, 6.45) is 3.75. The molecule has 3 N–H and O–H groups in total. The zero-order valence-electron chi connectivity index (χ0n) is 16.5. The van der Waals surface area contributed by atoms with Crippen LogP contribution < -0.4 is 5.32 Å². The van der Waals surface area contributed by atoms with Crippen LogP contribution in [0.1, 0.15) is 38.2 Å². The molecule has 2 saturated carbocycles. The topological polar surface area (TPSA) is 78.3 Å². The second-order valence-corrected chi connectivity index (χ2v) is 8.72. The van der Waals surface area contributed by atoms with Gasteiger partial charge >= 0.3 is 0 Å². The second kappa shape index (κ2) is 6.56. The standard InChI is InChI=1S/C24H25N3O2/c1-14(15-7-8-15)16-9-10-20(21(28)11-16)22-18-5-3-4-6-19(18)23(27-26-22)25-17-12-24(2,29)13-17/h3-6,9-11,15,17,28-29H,1,7-8,12-13H2,2H3,(H,25,27). The predicted molar refractivity (Wildman–Crippen MR) is 116 cm³/mol. The van der Waals surface area contributed by atoms with E-state index in [1.54, 1.807) is 6.07 Å². The summed E-state index contributed by atoms with van der Waals surface area (Å²) in [6, 6.07) is 13.8. The third kappa shape index (κ3) is 3.36. The normalized spacial score (nSPS) is 23.6. The molecule has 0 spiro atoms. The van der Waals surface area contributed by atoms with Crippen LogP contribution in [0, 0.1) is 5.92 Å². The fraction of sp³-hybridized carbons (Fsp3) is 0.333. The van der Waals surface area contributed by atoms with Crippen molar-refractivity contribution in [2.75, 3.05) is 5.32 Å². The first kappa shape index (κ1) is 18.1. The zero-order valence-corrected chi connectivity index (χ0v) is 16.5. The van der Waals surface area contributed by atoms with E-state index < -0.39 is 5.60 Å². The van der Waals surface area contributed by atoms with Crippen molar-refractivity contribution in [1.82, 2.24) is 10.2 Å². The Morgan fingerprint density at radius 1 is 1.10 bits per heavy atom. The summed E-state index contributed by atoms with van der Waals surface area (Å²) in [4.78, 5) is 0. The van der Waals surface area contributed by atoms with E-state index >= 15 is 0 Å². The van der Waals surface area contributed by atoms with E-state index in [4.69, 9.17) is 0 Å². The lowest BCUT2D eigenvalue weighted by molar-refractivity contribution is -0.0235. The van der Waals surface area contributed by atoms with Crippen molar-refractivity contribution in [3.8, 4) is 17.0 Å². The van der Waals surface area contributed by atoms with E-state index in [2.05, 4.69) is 22.1 Å². The molecule has 0 atom stereocenters. The largest absolute Gasteiger partial charge is 0.507 e. The minimum atomic E-state index is -0.598. The van der Waals surface area contributed by atoms with Crippen molar-refractivity contribution in [3.05, 3.63) is 54.6 Å². The van der Waals surface area contributed by atoms with E-state index in [1.165, 1.54) is 12.8 Å². The molecule has 148 valence electrons. The van der Waals surface area contributed by atoms with Crippen LogP contribution in [0.5, 0.6) is 5.75 Å². The molecule has 2 fully saturated rings. The molecule has 5 rings (SSSR count). The van der Waals surface area contributed by atoms with Gasteiger partial charge in [-0.25, -0.2) is 0 Å². The summed E-state index contributed by atoms with van der Waals surface area (Å²) in [6.45, 7) is 6.03. The van der Waals surface area contributed by atoms with Crippen LogP contribution in [0.15, 0.2) is 49.0 Å². The lowest BCUT2D eigenvalue weighted by atomic mass is 9.77. The maximum atomic E-state index is 10.7. The lowest BCUT2D eigenvalue weighted by Gasteiger charge is -2.41. The fourth-order valence-electron chi connectivity index (χ4n) is 4.31. The average molecular weight is 387 g/mol. The molecule has 2 aromatic carbocycles. The van der Waals surface area contributed by atoms with Crippen LogP contribution in [-0.2, 0) is 0 Å². The van der Waals surface area contributed by atoms with Crippen LogP contribution in [-0.4, -0.2) is 32.1 Å². The summed E-state index contributed by atoms with van der Waals surface area (Å²) >= 11 is 0. The molecule has 1 aromatic heterocycles. The van der Waals surface area contributed by atoms with Crippen molar-refractivity contribution in [2.45, 2.75) is 44.2 Å². The van der Waals surface area contributed by atoms with Crippen LogP contribution in [0.4, 0.5) is 5.82 Å². The Hall–Kier alpha value is -2.92. The molecule has 3 aromatic rings. The summed E-state index contributed by atoms with van der Waals surface area (Å²) in [7, 11) is 0. The number of phenols is 1. The number of aromatic nitrogens is 2. The Morgan fingerprint density at radius 2 is 1.83 bits per heavy atom. The number of rotatable bonds is 5. The molecule has 0 aliphatic heterocycles. The van der Waals surface area contributed by atoms with Gasteiger partial charge < -0.3 is 15.5 Å². The predicted octanol–water partition coefficient (Wildman–Crippen LogP) is 4.75. The Labute approximate surface area is 170 Å². The highest BCUT2D eigenvalue weighted by atomic mass is 16.3. The number of aromatic hydroxyl groups is 1. The van der Waals surface area contributed by atoms with Crippen LogP contribution in [0.25, 0.3) is 27.6 Å². The smallest absolute Gasteiger partial charge is 0.156 e. The third-order valence-corrected chi connectivity index (χ3v) is 6.09. The Kier molecular flexibility index (Phi) is 4.10. The van der Waals surface area contributed by atoms with Gasteiger partial charge in [0, 0.05) is 22.4 Å². The molecule has 5 heteroatoms. The molecule has 2 aliphatic rings. The summed E-state index contributed by atoms with van der Waals surface area (Å²) in [5.41, 5.74) is 2.81. The fourth-order valence-corrected chi connectivity index (χ4v) is 4.31. The number of phenolic OH excluding ortho intramolecular Hbond substituents is 1. The molecule has 0 amide bonds. The maximum absolute atomic E-state index is 10.7. The van der Waals surface area contributed by atoms with Crippen LogP contribution in [0.2, 0.25) is 0 Å². The van der Waals surface area contributed by atoms with Crippen LogP contribution >= 0.6 is 0 Å². The monoisotopic (exact) mass is 387 g/mol. The van der Waals surface area contributed by atoms with Gasteiger partial charge in [0.05, 0.1) is 5.60 Å². The van der Waals surface area contributed by atoms with E-state index in [9.17, 15) is 10.2 Å². The van der Waals surface area contributed by atoms with Gasteiger partial charge in [-0.1, -0.05) is 36.9 Å². The van der Waals surface area contributed by atoms with Gasteiger partial charge in [0.1, 0.15) is 11.4 Å². The van der Waals surface area contributed by atoms with Crippen molar-refractivity contribution in [2.24, 2.45) is 5.92 Å². The van der Waals surface area contributed by atoms with Crippen molar-refractivity contribution < 1.29 is 10.2 Å². The first-order valence-electron chi connectivity index (χ1n) is 10.2. The van der Waals surface area contributed by atoms with Crippen molar-refractivity contribution >= 4 is 22.2 Å². The molecule has 2 aliphatic carbocycles. The minimum absolute atomic E-state index is 0.190. The zero-order chi connectivity index (χ0) is 20.2. The lowest BCUT2D eigenvalue weighted by Crippen LogP contribution is -2.48. The number of benzene rings is 2. The number of nitrogens with one attached hydrogen (secondary N) is 1. The number of anilines is 1. The highest BCUT2D eigenvalue weighted by Gasteiger charge is 2.38. The molecule has 0 bridgehead atoms. The highest BCUT2D eigenvalue weighted by Crippen LogP contribution is 2.43. The van der Waals surface area contributed by atoms with Gasteiger partial charge in [-0.05, 0) is 61.8 Å².